The Morgan fingerprint density at radius 2 is 2.11 bits per heavy atom. The van der Waals surface area contributed by atoms with Crippen LogP contribution >= 0.6 is 0 Å². The predicted octanol–water partition coefficient (Wildman–Crippen LogP) is 0.912. The fourth-order valence-electron chi connectivity index (χ4n) is 1.85. The van der Waals surface area contributed by atoms with Gasteiger partial charge in [0.05, 0.1) is 19.2 Å². The van der Waals surface area contributed by atoms with Gasteiger partial charge < -0.3 is 9.64 Å². The van der Waals surface area contributed by atoms with Crippen LogP contribution in [0.1, 0.15) is 24.7 Å². The number of rotatable bonds is 6. The lowest BCUT2D eigenvalue weighted by molar-refractivity contribution is -0.141. The molecule has 0 fully saturated rings. The number of aryl methyl sites for hydroxylation is 2. The van der Waals surface area contributed by atoms with E-state index in [1.807, 2.05) is 26.8 Å². The van der Waals surface area contributed by atoms with Crippen molar-refractivity contribution in [3.05, 3.63) is 17.5 Å². The SMILES string of the molecule is CCN(CCC(=O)OC)C(=O)Cn1nc(C)cc1C. The molecular formula is C13H21N3O3. The molecule has 0 atom stereocenters. The van der Waals surface area contributed by atoms with Gasteiger partial charge in [0.25, 0.3) is 0 Å². The first-order chi connectivity index (χ1) is 8.97. The van der Waals surface area contributed by atoms with E-state index in [9.17, 15) is 9.59 Å². The molecule has 0 radical (unpaired) electrons. The lowest BCUT2D eigenvalue weighted by atomic mass is 10.3. The van der Waals surface area contributed by atoms with E-state index in [0.717, 1.165) is 11.4 Å². The van der Waals surface area contributed by atoms with E-state index in [1.165, 1.54) is 7.11 Å². The molecule has 1 aromatic rings. The molecule has 19 heavy (non-hydrogen) atoms. The molecule has 0 bridgehead atoms. The van der Waals surface area contributed by atoms with Crippen LogP contribution in [0.4, 0.5) is 0 Å². The van der Waals surface area contributed by atoms with Gasteiger partial charge in [-0.05, 0) is 26.8 Å². The summed E-state index contributed by atoms with van der Waals surface area (Å²) in [6.45, 7) is 6.84. The van der Waals surface area contributed by atoms with Crippen molar-refractivity contribution in [3.8, 4) is 0 Å². The summed E-state index contributed by atoms with van der Waals surface area (Å²) in [7, 11) is 1.34. The number of nitrogens with zero attached hydrogens (tertiary/aromatic N) is 3. The topological polar surface area (TPSA) is 64.4 Å². The molecule has 0 aromatic carbocycles. The molecule has 0 N–H and O–H groups in total. The predicted molar refractivity (Wildman–Crippen MR) is 70.6 cm³/mol. The van der Waals surface area contributed by atoms with Crippen molar-refractivity contribution in [1.29, 1.82) is 0 Å². The summed E-state index contributed by atoms with van der Waals surface area (Å²) < 4.78 is 6.25. The summed E-state index contributed by atoms with van der Waals surface area (Å²) in [6.07, 6.45) is 0.215. The van der Waals surface area contributed by atoms with E-state index in [0.29, 0.717) is 13.1 Å². The van der Waals surface area contributed by atoms with Crippen LogP contribution in [0.2, 0.25) is 0 Å². The highest BCUT2D eigenvalue weighted by molar-refractivity contribution is 5.77. The second kappa shape index (κ2) is 6.92. The Bertz CT molecular complexity index is 454. The van der Waals surface area contributed by atoms with Crippen LogP contribution in [0.25, 0.3) is 0 Å². The molecule has 1 heterocycles. The molecule has 0 aliphatic rings. The first kappa shape index (κ1) is 15.2. The number of carbonyl (C=O) groups excluding carboxylic acids is 2. The zero-order valence-corrected chi connectivity index (χ0v) is 12.0. The Kier molecular flexibility index (Phi) is 5.54. The maximum atomic E-state index is 12.1. The molecule has 0 unspecified atom stereocenters. The largest absolute Gasteiger partial charge is 0.469 e. The van der Waals surface area contributed by atoms with E-state index < -0.39 is 0 Å². The van der Waals surface area contributed by atoms with Crippen LogP contribution in [0.3, 0.4) is 0 Å². The number of amides is 1. The first-order valence-electron chi connectivity index (χ1n) is 6.33. The molecule has 106 valence electrons. The van der Waals surface area contributed by atoms with Gasteiger partial charge in [-0.3, -0.25) is 14.3 Å². The van der Waals surface area contributed by atoms with Crippen LogP contribution in [0.5, 0.6) is 0 Å². The van der Waals surface area contributed by atoms with Gasteiger partial charge in [0.1, 0.15) is 6.54 Å². The van der Waals surface area contributed by atoms with Gasteiger partial charge in [-0.2, -0.15) is 5.10 Å². The van der Waals surface area contributed by atoms with Gasteiger partial charge in [-0.15, -0.1) is 0 Å². The smallest absolute Gasteiger partial charge is 0.307 e. The third-order valence-electron chi connectivity index (χ3n) is 2.94. The Labute approximate surface area is 113 Å². The molecule has 0 saturated heterocycles. The maximum Gasteiger partial charge on any atom is 0.307 e. The second-order valence-electron chi connectivity index (χ2n) is 4.38. The van der Waals surface area contributed by atoms with Gasteiger partial charge in [0.2, 0.25) is 5.91 Å². The van der Waals surface area contributed by atoms with E-state index in [2.05, 4.69) is 9.84 Å². The number of methoxy groups -OCH3 is 1. The quantitative estimate of drug-likeness (QED) is 0.719. The van der Waals surface area contributed by atoms with Gasteiger partial charge in [-0.25, -0.2) is 0 Å². The van der Waals surface area contributed by atoms with Crippen molar-refractivity contribution in [2.75, 3.05) is 20.2 Å². The molecule has 0 aliphatic heterocycles. The summed E-state index contributed by atoms with van der Waals surface area (Å²) in [5.41, 5.74) is 1.85. The molecule has 1 amide bonds. The van der Waals surface area contributed by atoms with E-state index in [4.69, 9.17) is 0 Å². The zero-order valence-electron chi connectivity index (χ0n) is 12.0. The minimum Gasteiger partial charge on any atom is -0.469 e. The maximum absolute atomic E-state index is 12.1. The Morgan fingerprint density at radius 3 is 2.58 bits per heavy atom. The van der Waals surface area contributed by atoms with Crippen LogP contribution in [0, 0.1) is 13.8 Å². The zero-order chi connectivity index (χ0) is 14.4. The van der Waals surface area contributed by atoms with Crippen LogP contribution in [-0.4, -0.2) is 46.8 Å². The number of esters is 1. The highest BCUT2D eigenvalue weighted by Gasteiger charge is 2.15. The number of hydrogen-bond acceptors (Lipinski definition) is 4. The van der Waals surface area contributed by atoms with Gasteiger partial charge in [0, 0.05) is 18.8 Å². The number of hydrogen-bond donors (Lipinski definition) is 0. The van der Waals surface area contributed by atoms with Crippen molar-refractivity contribution in [2.45, 2.75) is 33.7 Å². The molecule has 6 heteroatoms. The van der Waals surface area contributed by atoms with Gasteiger partial charge in [0.15, 0.2) is 0 Å². The minimum absolute atomic E-state index is 0.0439. The van der Waals surface area contributed by atoms with E-state index in [1.54, 1.807) is 9.58 Å². The normalized spacial score (nSPS) is 10.3. The molecule has 1 rings (SSSR count). The molecule has 6 nitrogen and oxygen atoms in total. The summed E-state index contributed by atoms with van der Waals surface area (Å²) in [4.78, 5) is 24.8. The Hall–Kier alpha value is -1.85. The molecule has 0 saturated carbocycles. The van der Waals surface area contributed by atoms with Crippen LogP contribution < -0.4 is 0 Å². The number of ether oxygens (including phenoxy) is 1. The minimum atomic E-state index is -0.308. The third kappa shape index (κ3) is 4.39. The molecule has 1 aromatic heterocycles. The van der Waals surface area contributed by atoms with Crippen LogP contribution in [-0.2, 0) is 20.9 Å². The Morgan fingerprint density at radius 1 is 1.42 bits per heavy atom. The number of likely N-dealkylation sites (N-methyl/N-ethyl adjacent to an activating group) is 1. The van der Waals surface area contributed by atoms with Crippen molar-refractivity contribution >= 4 is 11.9 Å². The average Bonchev–Trinajstić information content (AvgIpc) is 2.68. The summed E-state index contributed by atoms with van der Waals surface area (Å²) in [6, 6.07) is 1.93. The van der Waals surface area contributed by atoms with E-state index in [-0.39, 0.29) is 24.8 Å². The van der Waals surface area contributed by atoms with Crippen molar-refractivity contribution in [2.24, 2.45) is 0 Å². The van der Waals surface area contributed by atoms with Gasteiger partial charge in [-0.1, -0.05) is 0 Å². The van der Waals surface area contributed by atoms with Crippen molar-refractivity contribution in [1.82, 2.24) is 14.7 Å². The summed E-state index contributed by atoms with van der Waals surface area (Å²) >= 11 is 0. The molecule has 0 spiro atoms. The highest BCUT2D eigenvalue weighted by Crippen LogP contribution is 2.03. The van der Waals surface area contributed by atoms with Gasteiger partial charge >= 0.3 is 5.97 Å². The lowest BCUT2D eigenvalue weighted by Crippen LogP contribution is -2.36. The fraction of sp³-hybridized carbons (Fsp3) is 0.615. The standard InChI is InChI=1S/C13H21N3O3/c1-5-15(7-6-13(18)19-4)12(17)9-16-11(3)8-10(2)14-16/h8H,5-7,9H2,1-4H3. The average molecular weight is 267 g/mol. The number of aromatic nitrogens is 2. The summed E-state index contributed by atoms with van der Waals surface area (Å²) in [5.74, 6) is -0.352. The molecular weight excluding hydrogens is 246 g/mol. The Balaban J connectivity index is 2.59. The second-order valence-corrected chi connectivity index (χ2v) is 4.38. The summed E-state index contributed by atoms with van der Waals surface area (Å²) in [5, 5.41) is 4.26. The first-order valence-corrected chi connectivity index (χ1v) is 6.33. The fourth-order valence-corrected chi connectivity index (χ4v) is 1.85. The van der Waals surface area contributed by atoms with Crippen molar-refractivity contribution in [3.63, 3.8) is 0 Å². The van der Waals surface area contributed by atoms with Crippen LogP contribution in [0.15, 0.2) is 6.07 Å². The molecule has 0 aliphatic carbocycles. The number of carbonyl (C=O) groups is 2. The lowest BCUT2D eigenvalue weighted by Gasteiger charge is -2.20. The monoisotopic (exact) mass is 267 g/mol. The van der Waals surface area contributed by atoms with E-state index >= 15 is 0 Å². The highest BCUT2D eigenvalue weighted by atomic mass is 16.5. The third-order valence-corrected chi connectivity index (χ3v) is 2.94. The van der Waals surface area contributed by atoms with Crippen molar-refractivity contribution < 1.29 is 14.3 Å².